The number of nitro benzene ring substituents is 1. The van der Waals surface area contributed by atoms with E-state index in [-0.39, 0.29) is 10.7 Å². The second-order valence-electron chi connectivity index (χ2n) is 6.33. The molecule has 1 heterocycles. The fourth-order valence-electron chi connectivity index (χ4n) is 2.76. The van der Waals surface area contributed by atoms with Crippen LogP contribution in [-0.2, 0) is 0 Å². The molecule has 0 fully saturated rings. The Balaban J connectivity index is 2.05. The van der Waals surface area contributed by atoms with E-state index in [9.17, 15) is 33.2 Å². The van der Waals surface area contributed by atoms with E-state index in [0.717, 1.165) is 23.8 Å². The number of aliphatic hydroxyl groups is 1. The number of carbonyl (C=O) groups is 1. The van der Waals surface area contributed by atoms with E-state index in [4.69, 9.17) is 0 Å². The number of hydrogen-bond acceptors (Lipinski definition) is 5. The minimum Gasteiger partial charge on any atom is -0.362 e. The summed E-state index contributed by atoms with van der Waals surface area (Å²) in [6.45, 7) is 1.80. The molecule has 28 heavy (non-hydrogen) atoms. The predicted molar refractivity (Wildman–Crippen MR) is 92.6 cm³/mol. The summed E-state index contributed by atoms with van der Waals surface area (Å²) in [5.41, 5.74) is -3.36. The first-order chi connectivity index (χ1) is 13.0. The smallest absolute Gasteiger partial charge is 0.362 e. The summed E-state index contributed by atoms with van der Waals surface area (Å²) in [6, 6.07) is 10.6. The third kappa shape index (κ3) is 3.33. The van der Waals surface area contributed by atoms with Gasteiger partial charge in [-0.25, -0.2) is 0 Å². The molecule has 3 rings (SSSR count). The number of alkyl halides is 3. The Morgan fingerprint density at radius 3 is 2.46 bits per heavy atom. The summed E-state index contributed by atoms with van der Waals surface area (Å²) in [5, 5.41) is 24.9. The number of nitrogens with zero attached hydrogens (tertiary/aromatic N) is 3. The maximum atomic E-state index is 13.6. The van der Waals surface area contributed by atoms with Crippen LogP contribution >= 0.6 is 0 Å². The van der Waals surface area contributed by atoms with Gasteiger partial charge in [-0.15, -0.1) is 0 Å². The molecule has 1 amide bonds. The van der Waals surface area contributed by atoms with Gasteiger partial charge in [-0.05, 0) is 18.6 Å². The average Bonchev–Trinajstić information content (AvgIpc) is 3.00. The van der Waals surface area contributed by atoms with Crippen molar-refractivity contribution in [2.45, 2.75) is 25.2 Å². The van der Waals surface area contributed by atoms with Crippen LogP contribution in [0.5, 0.6) is 0 Å². The number of halogens is 3. The standard InChI is InChI=1S/C18H14F3N3O4/c1-11-5-7-12(8-6-11)15-10-17(26,18(19,20)21)23(22-15)16(25)13-3-2-4-14(9-13)24(27)28/h2-9,26H,10H2,1H3. The van der Waals surface area contributed by atoms with Gasteiger partial charge in [0.15, 0.2) is 0 Å². The van der Waals surface area contributed by atoms with Gasteiger partial charge in [0.25, 0.3) is 17.3 Å². The molecule has 10 heteroatoms. The minimum atomic E-state index is -5.20. The molecule has 0 bridgehead atoms. The van der Waals surface area contributed by atoms with Crippen molar-refractivity contribution in [1.29, 1.82) is 0 Å². The first-order valence-electron chi connectivity index (χ1n) is 8.05. The lowest BCUT2D eigenvalue weighted by Gasteiger charge is -2.32. The van der Waals surface area contributed by atoms with E-state index in [0.29, 0.717) is 5.56 Å². The van der Waals surface area contributed by atoms with E-state index in [2.05, 4.69) is 5.10 Å². The summed E-state index contributed by atoms with van der Waals surface area (Å²) in [6.07, 6.45) is -6.15. The maximum Gasteiger partial charge on any atom is 0.438 e. The van der Waals surface area contributed by atoms with Crippen molar-refractivity contribution in [3.63, 3.8) is 0 Å². The first kappa shape index (κ1) is 19.5. The number of non-ortho nitro benzene ring substituents is 1. The zero-order chi connectivity index (χ0) is 20.7. The number of carbonyl (C=O) groups excluding carboxylic acids is 1. The lowest BCUT2D eigenvalue weighted by atomic mass is 10.00. The van der Waals surface area contributed by atoms with Crippen molar-refractivity contribution in [3.05, 3.63) is 75.3 Å². The van der Waals surface area contributed by atoms with E-state index in [1.54, 1.807) is 19.1 Å². The molecule has 0 radical (unpaired) electrons. The molecule has 1 N–H and O–H groups in total. The Kier molecular flexibility index (Phi) is 4.67. The fraction of sp³-hybridized carbons (Fsp3) is 0.222. The van der Waals surface area contributed by atoms with Gasteiger partial charge in [-0.2, -0.15) is 23.3 Å². The molecular weight excluding hydrogens is 379 g/mol. The van der Waals surface area contributed by atoms with Gasteiger partial charge in [0.05, 0.1) is 17.1 Å². The molecule has 1 aliphatic rings. The highest BCUT2D eigenvalue weighted by Crippen LogP contribution is 2.42. The van der Waals surface area contributed by atoms with Crippen molar-refractivity contribution < 1.29 is 28.0 Å². The molecule has 0 spiro atoms. The molecule has 0 saturated heterocycles. The topological polar surface area (TPSA) is 96.0 Å². The van der Waals surface area contributed by atoms with Crippen LogP contribution < -0.4 is 0 Å². The van der Waals surface area contributed by atoms with E-state index >= 15 is 0 Å². The largest absolute Gasteiger partial charge is 0.438 e. The Morgan fingerprint density at radius 1 is 1.25 bits per heavy atom. The van der Waals surface area contributed by atoms with Crippen LogP contribution in [-0.4, -0.2) is 38.6 Å². The number of benzene rings is 2. The van der Waals surface area contributed by atoms with Crippen molar-refractivity contribution in [1.82, 2.24) is 5.01 Å². The molecule has 0 saturated carbocycles. The second-order valence-corrected chi connectivity index (χ2v) is 6.33. The summed E-state index contributed by atoms with van der Waals surface area (Å²) < 4.78 is 40.8. The Labute approximate surface area is 156 Å². The van der Waals surface area contributed by atoms with Gasteiger partial charge in [0.1, 0.15) is 0 Å². The summed E-state index contributed by atoms with van der Waals surface area (Å²) in [7, 11) is 0. The van der Waals surface area contributed by atoms with Crippen LogP contribution in [0.3, 0.4) is 0 Å². The molecule has 2 aromatic rings. The highest BCUT2D eigenvalue weighted by Gasteiger charge is 2.63. The lowest BCUT2D eigenvalue weighted by molar-refractivity contribution is -0.384. The minimum absolute atomic E-state index is 0.0543. The lowest BCUT2D eigenvalue weighted by Crippen LogP contribution is -2.56. The molecule has 0 aromatic heterocycles. The first-order valence-corrected chi connectivity index (χ1v) is 8.05. The summed E-state index contributed by atoms with van der Waals surface area (Å²) in [4.78, 5) is 22.7. The molecular formula is C18H14F3N3O4. The Morgan fingerprint density at radius 2 is 1.89 bits per heavy atom. The monoisotopic (exact) mass is 393 g/mol. The van der Waals surface area contributed by atoms with Crippen molar-refractivity contribution in [3.8, 4) is 0 Å². The fourth-order valence-corrected chi connectivity index (χ4v) is 2.76. The normalized spacial score (nSPS) is 19.5. The van der Waals surface area contributed by atoms with Crippen LogP contribution in [0.1, 0.15) is 27.9 Å². The third-order valence-corrected chi connectivity index (χ3v) is 4.32. The van der Waals surface area contributed by atoms with Crippen molar-refractivity contribution >= 4 is 17.3 Å². The van der Waals surface area contributed by atoms with Crippen molar-refractivity contribution in [2.75, 3.05) is 0 Å². The second kappa shape index (κ2) is 6.71. The van der Waals surface area contributed by atoms with Crippen LogP contribution in [0.25, 0.3) is 0 Å². The number of hydrazone groups is 1. The zero-order valence-corrected chi connectivity index (χ0v) is 14.5. The SMILES string of the molecule is Cc1ccc(C2=NN(C(=O)c3cccc([N+](=O)[O-])c3)C(O)(C(F)(F)F)C2)cc1. The molecule has 1 unspecified atom stereocenters. The average molecular weight is 393 g/mol. The van der Waals surface area contributed by atoms with Crippen LogP contribution in [0.15, 0.2) is 53.6 Å². The maximum absolute atomic E-state index is 13.6. The van der Waals surface area contributed by atoms with Crippen LogP contribution in [0.2, 0.25) is 0 Å². The van der Waals surface area contributed by atoms with E-state index in [1.807, 2.05) is 0 Å². The number of rotatable bonds is 3. The highest BCUT2D eigenvalue weighted by atomic mass is 19.4. The van der Waals surface area contributed by atoms with Gasteiger partial charge < -0.3 is 5.11 Å². The van der Waals surface area contributed by atoms with Gasteiger partial charge >= 0.3 is 6.18 Å². The Bertz CT molecular complexity index is 973. The third-order valence-electron chi connectivity index (χ3n) is 4.32. The summed E-state index contributed by atoms with van der Waals surface area (Å²) >= 11 is 0. The number of hydrogen-bond donors (Lipinski definition) is 1. The van der Waals surface area contributed by atoms with Gasteiger partial charge in [-0.3, -0.25) is 14.9 Å². The predicted octanol–water partition coefficient (Wildman–Crippen LogP) is 3.40. The number of amides is 1. The van der Waals surface area contributed by atoms with Crippen molar-refractivity contribution in [2.24, 2.45) is 5.10 Å². The van der Waals surface area contributed by atoms with Gasteiger partial charge in [-0.1, -0.05) is 35.9 Å². The van der Waals surface area contributed by atoms with Crippen LogP contribution in [0.4, 0.5) is 18.9 Å². The van der Waals surface area contributed by atoms with Crippen LogP contribution in [0, 0.1) is 17.0 Å². The molecule has 146 valence electrons. The molecule has 1 atom stereocenters. The Hall–Kier alpha value is -3.27. The molecule has 1 aliphatic heterocycles. The van der Waals surface area contributed by atoms with E-state index < -0.39 is 40.4 Å². The molecule has 2 aromatic carbocycles. The molecule has 7 nitrogen and oxygen atoms in total. The van der Waals surface area contributed by atoms with E-state index in [1.165, 1.54) is 18.2 Å². The zero-order valence-electron chi connectivity index (χ0n) is 14.5. The molecule has 0 aliphatic carbocycles. The quantitative estimate of drug-likeness (QED) is 0.639. The van der Waals surface area contributed by atoms with Gasteiger partial charge in [0.2, 0.25) is 0 Å². The van der Waals surface area contributed by atoms with Gasteiger partial charge in [0, 0.05) is 17.7 Å². The number of nitro groups is 1. The summed E-state index contributed by atoms with van der Waals surface area (Å²) in [5.74, 6) is -1.30. The highest BCUT2D eigenvalue weighted by molar-refractivity contribution is 6.05. The number of aryl methyl sites for hydroxylation is 1.